The molecule has 0 radical (unpaired) electrons. The number of benzene rings is 2. The molecule has 0 bridgehead atoms. The number of hydrogen-bond donors (Lipinski definition) is 0. The van der Waals surface area contributed by atoms with Crippen LogP contribution in [0.1, 0.15) is 11.1 Å². The average Bonchev–Trinajstić information content (AvgIpc) is 3.12. The normalized spacial score (nSPS) is 23.3. The van der Waals surface area contributed by atoms with E-state index in [1.165, 1.54) is 17.7 Å². The number of nitrogens with zero attached hydrogens (tertiary/aromatic N) is 2. The van der Waals surface area contributed by atoms with E-state index in [0.29, 0.717) is 6.54 Å². The van der Waals surface area contributed by atoms with E-state index in [-0.39, 0.29) is 29.4 Å². The summed E-state index contributed by atoms with van der Waals surface area (Å²) in [4.78, 5) is 6.88. The Morgan fingerprint density at radius 3 is 2.52 bits per heavy atom. The number of thioether (sulfide) groups is 1. The maximum absolute atomic E-state index is 13.1. The maximum Gasteiger partial charge on any atom is 0.160 e. The molecule has 0 amide bonds. The first-order chi connectivity index (χ1) is 13.0. The van der Waals surface area contributed by atoms with Gasteiger partial charge in [-0.1, -0.05) is 54.2 Å². The number of halogens is 1. The fourth-order valence-corrected chi connectivity index (χ4v) is 6.56. The summed E-state index contributed by atoms with van der Waals surface area (Å²) in [5.74, 6) is 0.862. The SMILES string of the molecule is O=S1(=O)C[C@@H]2N=C(SCc3ccccc3)N(CCc3ccc(F)cc3)[C@@H]2C1. The van der Waals surface area contributed by atoms with Gasteiger partial charge in [0.15, 0.2) is 15.0 Å². The van der Waals surface area contributed by atoms with E-state index in [4.69, 9.17) is 4.99 Å². The Hall–Kier alpha value is -1.86. The van der Waals surface area contributed by atoms with Crippen molar-refractivity contribution in [2.24, 2.45) is 4.99 Å². The lowest BCUT2D eigenvalue weighted by Crippen LogP contribution is -2.40. The topological polar surface area (TPSA) is 49.7 Å². The highest BCUT2D eigenvalue weighted by molar-refractivity contribution is 8.13. The standard InChI is InChI=1S/C20H21FN2O2S2/c21-17-8-6-15(7-9-17)10-11-23-19-14-27(24,25)13-18(19)22-20(23)26-12-16-4-2-1-3-5-16/h1-9,18-19H,10-14H2/t18-,19+/m0/s1. The van der Waals surface area contributed by atoms with Crippen LogP contribution in [0.5, 0.6) is 0 Å². The van der Waals surface area contributed by atoms with E-state index in [2.05, 4.69) is 17.0 Å². The molecule has 2 aliphatic rings. The van der Waals surface area contributed by atoms with E-state index in [9.17, 15) is 12.8 Å². The minimum Gasteiger partial charge on any atom is -0.345 e. The van der Waals surface area contributed by atoms with E-state index < -0.39 is 9.84 Å². The first-order valence-corrected chi connectivity index (χ1v) is 11.8. The van der Waals surface area contributed by atoms with Crippen molar-refractivity contribution in [3.8, 4) is 0 Å². The van der Waals surface area contributed by atoms with E-state index in [1.807, 2.05) is 18.2 Å². The lowest BCUT2D eigenvalue weighted by Gasteiger charge is -2.26. The number of aliphatic imine (C=N–C) groups is 1. The highest BCUT2D eigenvalue weighted by Crippen LogP contribution is 2.32. The van der Waals surface area contributed by atoms with Crippen molar-refractivity contribution in [3.05, 3.63) is 71.5 Å². The monoisotopic (exact) mass is 404 g/mol. The smallest absolute Gasteiger partial charge is 0.160 e. The molecular formula is C20H21FN2O2S2. The summed E-state index contributed by atoms with van der Waals surface area (Å²) in [6.45, 7) is 0.683. The van der Waals surface area contributed by atoms with Gasteiger partial charge in [-0.2, -0.15) is 0 Å². The molecule has 0 aliphatic carbocycles. The van der Waals surface area contributed by atoms with Crippen molar-refractivity contribution >= 4 is 26.8 Å². The van der Waals surface area contributed by atoms with Gasteiger partial charge in [0.1, 0.15) is 5.82 Å². The Morgan fingerprint density at radius 1 is 1.04 bits per heavy atom. The summed E-state index contributed by atoms with van der Waals surface area (Å²) >= 11 is 1.66. The lowest BCUT2D eigenvalue weighted by molar-refractivity contribution is 0.352. The van der Waals surface area contributed by atoms with Crippen molar-refractivity contribution in [1.29, 1.82) is 0 Å². The number of amidine groups is 1. The van der Waals surface area contributed by atoms with E-state index in [0.717, 1.165) is 22.9 Å². The molecule has 2 atom stereocenters. The van der Waals surface area contributed by atoms with Crippen molar-refractivity contribution in [3.63, 3.8) is 0 Å². The molecular weight excluding hydrogens is 383 g/mol. The minimum atomic E-state index is -3.03. The third kappa shape index (κ3) is 4.35. The lowest BCUT2D eigenvalue weighted by atomic mass is 10.1. The zero-order valence-corrected chi connectivity index (χ0v) is 16.4. The molecule has 2 aromatic rings. The van der Waals surface area contributed by atoms with Crippen molar-refractivity contribution in [1.82, 2.24) is 4.90 Å². The fraction of sp³-hybridized carbons (Fsp3) is 0.350. The van der Waals surface area contributed by atoms with Gasteiger partial charge in [-0.05, 0) is 29.7 Å². The summed E-state index contributed by atoms with van der Waals surface area (Å²) in [6, 6.07) is 16.4. The molecule has 1 fully saturated rings. The van der Waals surface area contributed by atoms with Gasteiger partial charge in [0.25, 0.3) is 0 Å². The first kappa shape index (κ1) is 18.5. The van der Waals surface area contributed by atoms with Gasteiger partial charge in [-0.25, -0.2) is 12.8 Å². The molecule has 0 aromatic heterocycles. The fourth-order valence-electron chi connectivity index (χ4n) is 3.59. The van der Waals surface area contributed by atoms with Crippen LogP contribution in [0.3, 0.4) is 0 Å². The molecule has 0 spiro atoms. The Labute approximate surface area is 163 Å². The predicted molar refractivity (Wildman–Crippen MR) is 108 cm³/mol. The summed E-state index contributed by atoms with van der Waals surface area (Å²) in [5.41, 5.74) is 2.25. The maximum atomic E-state index is 13.1. The summed E-state index contributed by atoms with van der Waals surface area (Å²) < 4.78 is 37.2. The van der Waals surface area contributed by atoms with Crippen molar-refractivity contribution in [2.45, 2.75) is 24.3 Å². The van der Waals surface area contributed by atoms with E-state index >= 15 is 0 Å². The molecule has 1 saturated heterocycles. The Balaban J connectivity index is 1.48. The van der Waals surface area contributed by atoms with Gasteiger partial charge >= 0.3 is 0 Å². The number of fused-ring (bicyclic) bond motifs is 1. The van der Waals surface area contributed by atoms with Crippen LogP contribution < -0.4 is 0 Å². The number of rotatable bonds is 5. The average molecular weight is 405 g/mol. The molecule has 2 aromatic carbocycles. The highest BCUT2D eigenvalue weighted by Gasteiger charge is 2.46. The third-order valence-corrected chi connectivity index (χ3v) is 7.76. The minimum absolute atomic E-state index is 0.0753. The Kier molecular flexibility index (Phi) is 5.23. The predicted octanol–water partition coefficient (Wildman–Crippen LogP) is 3.14. The largest absolute Gasteiger partial charge is 0.345 e. The molecule has 0 unspecified atom stereocenters. The number of hydrogen-bond acceptors (Lipinski definition) is 5. The van der Waals surface area contributed by atoms with Crippen LogP contribution in [0.2, 0.25) is 0 Å². The molecule has 7 heteroatoms. The quantitative estimate of drug-likeness (QED) is 0.768. The first-order valence-electron chi connectivity index (χ1n) is 8.96. The van der Waals surface area contributed by atoms with Gasteiger partial charge in [-0.3, -0.25) is 4.99 Å². The van der Waals surface area contributed by atoms with Crippen molar-refractivity contribution in [2.75, 3.05) is 18.1 Å². The van der Waals surface area contributed by atoms with Crippen LogP contribution in [-0.2, 0) is 22.0 Å². The second-order valence-electron chi connectivity index (χ2n) is 6.97. The molecule has 2 heterocycles. The molecule has 142 valence electrons. The summed E-state index contributed by atoms with van der Waals surface area (Å²) in [5, 5.41) is 0.922. The van der Waals surface area contributed by atoms with Crippen molar-refractivity contribution < 1.29 is 12.8 Å². The molecule has 0 saturated carbocycles. The van der Waals surface area contributed by atoms with Crippen LogP contribution >= 0.6 is 11.8 Å². The van der Waals surface area contributed by atoms with Gasteiger partial charge in [0.2, 0.25) is 0 Å². The Morgan fingerprint density at radius 2 is 1.78 bits per heavy atom. The van der Waals surface area contributed by atoms with Gasteiger partial charge in [0.05, 0.1) is 23.6 Å². The van der Waals surface area contributed by atoms with Gasteiger partial charge in [0, 0.05) is 12.3 Å². The highest BCUT2D eigenvalue weighted by atomic mass is 32.2. The van der Waals surface area contributed by atoms with Crippen LogP contribution in [0, 0.1) is 5.82 Å². The Bertz CT molecular complexity index is 930. The molecule has 0 N–H and O–H groups in total. The molecule has 2 aliphatic heterocycles. The van der Waals surface area contributed by atoms with E-state index in [1.54, 1.807) is 23.9 Å². The van der Waals surface area contributed by atoms with Crippen LogP contribution in [0.4, 0.5) is 4.39 Å². The van der Waals surface area contributed by atoms with Crippen LogP contribution in [-0.4, -0.2) is 48.6 Å². The third-order valence-electron chi connectivity index (χ3n) is 4.98. The second-order valence-corrected chi connectivity index (χ2v) is 10.1. The zero-order valence-electron chi connectivity index (χ0n) is 14.8. The van der Waals surface area contributed by atoms with Crippen LogP contribution in [0.15, 0.2) is 59.6 Å². The second kappa shape index (κ2) is 7.64. The molecule has 4 nitrogen and oxygen atoms in total. The zero-order chi connectivity index (χ0) is 18.9. The molecule has 4 rings (SSSR count). The summed E-state index contributed by atoms with van der Waals surface area (Å²) in [6.07, 6.45) is 0.731. The summed E-state index contributed by atoms with van der Waals surface area (Å²) in [7, 11) is -3.03. The van der Waals surface area contributed by atoms with Crippen LogP contribution in [0.25, 0.3) is 0 Å². The molecule has 27 heavy (non-hydrogen) atoms. The van der Waals surface area contributed by atoms with Gasteiger partial charge < -0.3 is 4.90 Å². The number of sulfone groups is 1. The van der Waals surface area contributed by atoms with Gasteiger partial charge in [-0.15, -0.1) is 0 Å².